The molecule has 0 amide bonds. The van der Waals surface area contributed by atoms with Gasteiger partial charge in [0.05, 0.1) is 0 Å². The molecule has 0 saturated heterocycles. The summed E-state index contributed by atoms with van der Waals surface area (Å²) >= 11 is 0. The van der Waals surface area contributed by atoms with Gasteiger partial charge in [-0.25, -0.2) is 0 Å². The molecule has 0 bridgehead atoms. The predicted octanol–water partition coefficient (Wildman–Crippen LogP) is 2.31. The first-order valence-corrected chi connectivity index (χ1v) is 5.32. The molecule has 0 fully saturated rings. The number of hydrogen-bond donors (Lipinski definition) is 0. The van der Waals surface area contributed by atoms with Crippen LogP contribution in [-0.4, -0.2) is 0 Å². The fraction of sp³-hybridized carbons (Fsp3) is 0. The zero-order chi connectivity index (χ0) is 8.93. The molecule has 2 aromatic carbocycles. The van der Waals surface area contributed by atoms with Crippen LogP contribution in [0.25, 0.3) is 0 Å². The molecule has 0 nitrogen and oxygen atoms in total. The van der Waals surface area contributed by atoms with Gasteiger partial charge >= 0.3 is 0 Å². The molecule has 0 aliphatic heterocycles. The van der Waals surface area contributed by atoms with Crippen molar-refractivity contribution in [1.29, 1.82) is 0 Å². The van der Waals surface area contributed by atoms with Crippen LogP contribution in [0.5, 0.6) is 0 Å². The number of benzene rings is 2. The van der Waals surface area contributed by atoms with E-state index in [2.05, 4.69) is 60.7 Å². The summed E-state index contributed by atoms with van der Waals surface area (Å²) in [6, 6.07) is 21.2. The van der Waals surface area contributed by atoms with Crippen molar-refractivity contribution in [2.45, 2.75) is 0 Å². The summed E-state index contributed by atoms with van der Waals surface area (Å²) in [5, 5.41) is 2.79. The van der Waals surface area contributed by atoms with Gasteiger partial charge in [0, 0.05) is 19.5 Å². The Hall–Kier alpha value is -0.507. The summed E-state index contributed by atoms with van der Waals surface area (Å²) in [4.78, 5) is 0. The Labute approximate surface area is 99.3 Å². The molecule has 0 spiro atoms. The minimum atomic E-state index is 0. The minimum absolute atomic E-state index is 0. The molecular weight excluding hydrogens is 276 g/mol. The van der Waals surface area contributed by atoms with E-state index in [0.29, 0.717) is 0 Å². The van der Waals surface area contributed by atoms with E-state index in [1.165, 1.54) is 10.6 Å². The van der Waals surface area contributed by atoms with Gasteiger partial charge in [0.15, 0.2) is 0 Å². The SMILES string of the molecule is [Ru].c1ccc(Pc2ccccc2)cc1. The Bertz CT molecular complexity index is 321. The van der Waals surface area contributed by atoms with Crippen molar-refractivity contribution in [2.24, 2.45) is 0 Å². The van der Waals surface area contributed by atoms with E-state index in [4.69, 9.17) is 0 Å². The van der Waals surface area contributed by atoms with Crippen molar-refractivity contribution < 1.29 is 19.5 Å². The molecule has 72 valence electrons. The normalized spacial score (nSPS) is 9.14. The molecule has 0 atom stereocenters. The van der Waals surface area contributed by atoms with E-state index >= 15 is 0 Å². The van der Waals surface area contributed by atoms with Gasteiger partial charge in [0.25, 0.3) is 0 Å². The molecular formula is C12H11PRu. The summed E-state index contributed by atoms with van der Waals surface area (Å²) in [6.07, 6.45) is 0. The molecule has 0 aromatic heterocycles. The molecule has 0 aliphatic carbocycles. The third-order valence-electron chi connectivity index (χ3n) is 1.84. The molecule has 0 saturated carbocycles. The zero-order valence-corrected chi connectivity index (χ0v) is 10.4. The second-order valence-corrected chi connectivity index (χ2v) is 4.26. The Balaban J connectivity index is 0.000000980. The Kier molecular flexibility index (Phi) is 5.01. The van der Waals surface area contributed by atoms with Gasteiger partial charge in [-0.1, -0.05) is 69.2 Å². The van der Waals surface area contributed by atoms with Gasteiger partial charge in [-0.2, -0.15) is 0 Å². The van der Waals surface area contributed by atoms with E-state index in [9.17, 15) is 0 Å². The van der Waals surface area contributed by atoms with Crippen LogP contribution in [0.2, 0.25) is 0 Å². The first-order valence-electron chi connectivity index (χ1n) is 4.32. The van der Waals surface area contributed by atoms with Gasteiger partial charge < -0.3 is 0 Å². The fourth-order valence-corrected chi connectivity index (χ4v) is 2.26. The van der Waals surface area contributed by atoms with E-state index in [0.717, 1.165) is 8.58 Å². The number of rotatable bonds is 2. The molecule has 0 heterocycles. The average Bonchev–Trinajstić information content (AvgIpc) is 2.21. The van der Waals surface area contributed by atoms with Gasteiger partial charge in [0.2, 0.25) is 0 Å². The smallest absolute Gasteiger partial charge is 0 e. The van der Waals surface area contributed by atoms with Crippen molar-refractivity contribution in [3.63, 3.8) is 0 Å². The van der Waals surface area contributed by atoms with Crippen molar-refractivity contribution in [3.05, 3.63) is 60.7 Å². The van der Waals surface area contributed by atoms with E-state index in [-0.39, 0.29) is 19.5 Å². The summed E-state index contributed by atoms with van der Waals surface area (Å²) in [6.45, 7) is 0. The molecule has 0 N–H and O–H groups in total. The van der Waals surface area contributed by atoms with Crippen LogP contribution in [0, 0.1) is 0 Å². The summed E-state index contributed by atoms with van der Waals surface area (Å²) in [5.74, 6) is 0. The van der Waals surface area contributed by atoms with Gasteiger partial charge in [-0.05, 0) is 10.6 Å². The van der Waals surface area contributed by atoms with Crippen LogP contribution in [0.3, 0.4) is 0 Å². The standard InChI is InChI=1S/C12H11P.Ru/c1-3-7-11(8-4-1)13-12-9-5-2-6-10-12;/h1-10,13H;. The topological polar surface area (TPSA) is 0 Å². The van der Waals surface area contributed by atoms with Crippen molar-refractivity contribution >= 4 is 19.2 Å². The van der Waals surface area contributed by atoms with Gasteiger partial charge in [-0.15, -0.1) is 0 Å². The second kappa shape index (κ2) is 6.07. The van der Waals surface area contributed by atoms with Crippen molar-refractivity contribution in [2.75, 3.05) is 0 Å². The average molecular weight is 287 g/mol. The largest absolute Gasteiger partial charge is 0.0622 e. The van der Waals surface area contributed by atoms with Crippen LogP contribution < -0.4 is 10.6 Å². The van der Waals surface area contributed by atoms with Crippen LogP contribution >= 0.6 is 8.58 Å². The summed E-state index contributed by atoms with van der Waals surface area (Å²) in [5.41, 5.74) is 0. The summed E-state index contributed by atoms with van der Waals surface area (Å²) < 4.78 is 0. The zero-order valence-electron chi connectivity index (χ0n) is 7.63. The maximum Gasteiger partial charge on any atom is 0 e. The minimum Gasteiger partial charge on any atom is -0.0622 e. The van der Waals surface area contributed by atoms with Crippen LogP contribution in [0.15, 0.2) is 60.7 Å². The molecule has 2 aromatic rings. The molecule has 0 aliphatic rings. The maximum atomic E-state index is 2.17. The Morgan fingerprint density at radius 2 is 0.929 bits per heavy atom. The molecule has 2 rings (SSSR count). The first kappa shape index (κ1) is 11.6. The molecule has 0 radical (unpaired) electrons. The fourth-order valence-electron chi connectivity index (χ4n) is 1.21. The first-order chi connectivity index (χ1) is 6.45. The predicted molar refractivity (Wildman–Crippen MR) is 60.5 cm³/mol. The third kappa shape index (κ3) is 3.33. The van der Waals surface area contributed by atoms with E-state index in [1.54, 1.807) is 0 Å². The Morgan fingerprint density at radius 1 is 0.571 bits per heavy atom. The second-order valence-electron chi connectivity index (χ2n) is 2.86. The Morgan fingerprint density at radius 3 is 1.29 bits per heavy atom. The summed E-state index contributed by atoms with van der Waals surface area (Å²) in [7, 11) is 0.777. The monoisotopic (exact) mass is 288 g/mol. The number of hydrogen-bond acceptors (Lipinski definition) is 0. The molecule has 14 heavy (non-hydrogen) atoms. The van der Waals surface area contributed by atoms with Crippen LogP contribution in [-0.2, 0) is 19.5 Å². The quantitative estimate of drug-likeness (QED) is 0.587. The van der Waals surface area contributed by atoms with Crippen LogP contribution in [0.4, 0.5) is 0 Å². The third-order valence-corrected chi connectivity index (χ3v) is 3.08. The van der Waals surface area contributed by atoms with E-state index in [1.807, 2.05) is 0 Å². The van der Waals surface area contributed by atoms with Gasteiger partial charge in [-0.3, -0.25) is 0 Å². The van der Waals surface area contributed by atoms with E-state index < -0.39 is 0 Å². The molecule has 2 heteroatoms. The van der Waals surface area contributed by atoms with Crippen LogP contribution in [0.1, 0.15) is 0 Å². The van der Waals surface area contributed by atoms with Crippen molar-refractivity contribution in [3.8, 4) is 0 Å². The molecule has 0 unspecified atom stereocenters. The maximum absolute atomic E-state index is 2.17. The van der Waals surface area contributed by atoms with Crippen molar-refractivity contribution in [1.82, 2.24) is 0 Å². The van der Waals surface area contributed by atoms with Gasteiger partial charge in [0.1, 0.15) is 0 Å².